The van der Waals surface area contributed by atoms with E-state index in [1.807, 2.05) is 25.1 Å². The summed E-state index contributed by atoms with van der Waals surface area (Å²) in [5.41, 5.74) is 13.2. The van der Waals surface area contributed by atoms with Crippen LogP contribution in [0.3, 0.4) is 0 Å². The van der Waals surface area contributed by atoms with Crippen molar-refractivity contribution in [1.82, 2.24) is 0 Å². The van der Waals surface area contributed by atoms with Gasteiger partial charge in [0.15, 0.2) is 0 Å². The Hall–Kier alpha value is -0.290. The van der Waals surface area contributed by atoms with E-state index >= 15 is 0 Å². The van der Waals surface area contributed by atoms with Gasteiger partial charge in [0, 0.05) is 15.3 Å². The Bertz CT molecular complexity index is 258. The van der Waals surface area contributed by atoms with Crippen LogP contribution in [0, 0.1) is 3.57 Å². The predicted molar refractivity (Wildman–Crippen MR) is 56.2 cm³/mol. The molecule has 0 aliphatic carbocycles. The summed E-state index contributed by atoms with van der Waals surface area (Å²) >= 11 is 2.24. The van der Waals surface area contributed by atoms with Gasteiger partial charge in [-0.2, -0.15) is 0 Å². The summed E-state index contributed by atoms with van der Waals surface area (Å²) in [6.07, 6.45) is 0. The molecule has 60 valence electrons. The predicted octanol–water partition coefficient (Wildman–Crippen LogP) is 1.89. The second kappa shape index (κ2) is 3.40. The number of rotatable bonds is 1. The molecule has 0 saturated carbocycles. The number of hydrogen-bond acceptors (Lipinski definition) is 2. The van der Waals surface area contributed by atoms with Crippen LogP contribution < -0.4 is 11.5 Å². The monoisotopic (exact) mass is 262 g/mol. The van der Waals surface area contributed by atoms with E-state index in [0.717, 1.165) is 11.3 Å². The van der Waals surface area contributed by atoms with Crippen LogP contribution in [-0.2, 0) is 0 Å². The first kappa shape index (κ1) is 8.80. The van der Waals surface area contributed by atoms with Gasteiger partial charge in [0.2, 0.25) is 0 Å². The van der Waals surface area contributed by atoms with Crippen LogP contribution in [0.15, 0.2) is 18.2 Å². The number of benzene rings is 1. The summed E-state index contributed by atoms with van der Waals surface area (Å²) in [5, 5.41) is 0. The lowest BCUT2D eigenvalue weighted by atomic mass is 10.1. The fourth-order valence-electron chi connectivity index (χ4n) is 0.940. The molecule has 0 heterocycles. The maximum Gasteiger partial charge on any atom is 0.0363 e. The van der Waals surface area contributed by atoms with Crippen LogP contribution in [0.1, 0.15) is 18.5 Å². The van der Waals surface area contributed by atoms with E-state index in [1.54, 1.807) is 0 Å². The first-order valence-electron chi connectivity index (χ1n) is 3.42. The number of hydrogen-bond donors (Lipinski definition) is 2. The number of halogens is 1. The second-order valence-corrected chi connectivity index (χ2v) is 3.81. The summed E-state index contributed by atoms with van der Waals surface area (Å²) in [6.45, 7) is 1.93. The third kappa shape index (κ3) is 2.07. The van der Waals surface area contributed by atoms with Gasteiger partial charge in [-0.05, 0) is 53.3 Å². The molecule has 0 unspecified atom stereocenters. The molecular formula is C8H11IN2. The van der Waals surface area contributed by atoms with Crippen LogP contribution in [0.2, 0.25) is 0 Å². The molecule has 1 atom stereocenters. The minimum atomic E-state index is 0.0183. The van der Waals surface area contributed by atoms with Crippen molar-refractivity contribution in [2.24, 2.45) is 5.73 Å². The molecule has 11 heavy (non-hydrogen) atoms. The fourth-order valence-corrected chi connectivity index (χ4v) is 1.46. The summed E-state index contributed by atoms with van der Waals surface area (Å²) in [6, 6.07) is 5.90. The van der Waals surface area contributed by atoms with Crippen molar-refractivity contribution >= 4 is 28.3 Å². The van der Waals surface area contributed by atoms with Gasteiger partial charge in [-0.15, -0.1) is 0 Å². The zero-order valence-electron chi connectivity index (χ0n) is 6.34. The summed E-state index contributed by atoms with van der Waals surface area (Å²) in [4.78, 5) is 0. The standard InChI is InChI=1S/C8H11IN2/c1-5(10)7-4-6(9)2-3-8(7)11/h2-5H,10-11H2,1H3/t5-/m1/s1. The van der Waals surface area contributed by atoms with Crippen molar-refractivity contribution in [2.45, 2.75) is 13.0 Å². The van der Waals surface area contributed by atoms with Gasteiger partial charge >= 0.3 is 0 Å². The molecule has 0 radical (unpaired) electrons. The van der Waals surface area contributed by atoms with Crippen molar-refractivity contribution in [3.63, 3.8) is 0 Å². The fraction of sp³-hybridized carbons (Fsp3) is 0.250. The number of anilines is 1. The molecular weight excluding hydrogens is 251 g/mol. The van der Waals surface area contributed by atoms with E-state index in [0.29, 0.717) is 0 Å². The van der Waals surface area contributed by atoms with E-state index in [2.05, 4.69) is 22.6 Å². The molecule has 0 aliphatic rings. The smallest absolute Gasteiger partial charge is 0.0363 e. The number of nitrogens with two attached hydrogens (primary N) is 2. The van der Waals surface area contributed by atoms with Crippen LogP contribution in [0.25, 0.3) is 0 Å². The summed E-state index contributed by atoms with van der Waals surface area (Å²) in [7, 11) is 0. The molecule has 3 heteroatoms. The molecule has 0 bridgehead atoms. The Balaban J connectivity index is 3.13. The maximum atomic E-state index is 5.71. The van der Waals surface area contributed by atoms with Gasteiger partial charge in [0.05, 0.1) is 0 Å². The maximum absolute atomic E-state index is 5.71. The molecule has 1 rings (SSSR count). The average molecular weight is 262 g/mol. The van der Waals surface area contributed by atoms with Gasteiger partial charge in [-0.1, -0.05) is 0 Å². The Labute approximate surface area is 80.1 Å². The zero-order valence-corrected chi connectivity index (χ0v) is 8.50. The molecule has 0 aromatic heterocycles. The molecule has 0 amide bonds. The third-order valence-electron chi connectivity index (χ3n) is 1.54. The molecule has 2 nitrogen and oxygen atoms in total. The van der Waals surface area contributed by atoms with Crippen LogP contribution in [0.5, 0.6) is 0 Å². The van der Waals surface area contributed by atoms with Crippen LogP contribution in [-0.4, -0.2) is 0 Å². The van der Waals surface area contributed by atoms with E-state index in [-0.39, 0.29) is 6.04 Å². The van der Waals surface area contributed by atoms with E-state index < -0.39 is 0 Å². The lowest BCUT2D eigenvalue weighted by Crippen LogP contribution is -2.08. The minimum Gasteiger partial charge on any atom is -0.398 e. The normalized spacial score (nSPS) is 13.0. The SMILES string of the molecule is C[C@@H](N)c1cc(I)ccc1N. The second-order valence-electron chi connectivity index (χ2n) is 2.56. The first-order chi connectivity index (χ1) is 5.11. The quantitative estimate of drug-likeness (QED) is 0.599. The highest BCUT2D eigenvalue weighted by molar-refractivity contribution is 14.1. The highest BCUT2D eigenvalue weighted by atomic mass is 127. The first-order valence-corrected chi connectivity index (χ1v) is 4.49. The van der Waals surface area contributed by atoms with Crippen molar-refractivity contribution in [2.75, 3.05) is 5.73 Å². The topological polar surface area (TPSA) is 52.0 Å². The van der Waals surface area contributed by atoms with Gasteiger partial charge in [0.25, 0.3) is 0 Å². The molecule has 0 spiro atoms. The average Bonchev–Trinajstić information content (AvgIpc) is 1.94. The Morgan fingerprint density at radius 2 is 2.09 bits per heavy atom. The van der Waals surface area contributed by atoms with Crippen LogP contribution >= 0.6 is 22.6 Å². The van der Waals surface area contributed by atoms with Gasteiger partial charge < -0.3 is 11.5 Å². The van der Waals surface area contributed by atoms with E-state index in [9.17, 15) is 0 Å². The van der Waals surface area contributed by atoms with Crippen LogP contribution in [0.4, 0.5) is 5.69 Å². The molecule has 4 N–H and O–H groups in total. The third-order valence-corrected chi connectivity index (χ3v) is 2.21. The zero-order chi connectivity index (χ0) is 8.43. The Morgan fingerprint density at radius 1 is 1.45 bits per heavy atom. The highest BCUT2D eigenvalue weighted by Gasteiger charge is 2.03. The molecule has 1 aromatic carbocycles. The number of nitrogen functional groups attached to an aromatic ring is 1. The van der Waals surface area contributed by atoms with Crippen molar-refractivity contribution in [1.29, 1.82) is 0 Å². The van der Waals surface area contributed by atoms with Crippen molar-refractivity contribution in [3.8, 4) is 0 Å². The lowest BCUT2D eigenvalue weighted by Gasteiger charge is -2.08. The van der Waals surface area contributed by atoms with Gasteiger partial charge in [0.1, 0.15) is 0 Å². The molecule has 1 aromatic rings. The summed E-state index contributed by atoms with van der Waals surface area (Å²) in [5.74, 6) is 0. The van der Waals surface area contributed by atoms with Gasteiger partial charge in [-0.3, -0.25) is 0 Å². The highest BCUT2D eigenvalue weighted by Crippen LogP contribution is 2.20. The van der Waals surface area contributed by atoms with Gasteiger partial charge in [-0.25, -0.2) is 0 Å². The largest absolute Gasteiger partial charge is 0.398 e. The van der Waals surface area contributed by atoms with E-state index in [4.69, 9.17) is 11.5 Å². The molecule has 0 fully saturated rings. The summed E-state index contributed by atoms with van der Waals surface area (Å²) < 4.78 is 1.17. The van der Waals surface area contributed by atoms with Crippen molar-refractivity contribution in [3.05, 3.63) is 27.3 Å². The Morgan fingerprint density at radius 3 is 2.55 bits per heavy atom. The Kier molecular flexibility index (Phi) is 2.72. The molecule has 0 saturated heterocycles. The lowest BCUT2D eigenvalue weighted by molar-refractivity contribution is 0.820. The minimum absolute atomic E-state index is 0.0183. The molecule has 0 aliphatic heterocycles. The van der Waals surface area contributed by atoms with Crippen molar-refractivity contribution < 1.29 is 0 Å². The van der Waals surface area contributed by atoms with E-state index in [1.165, 1.54) is 3.57 Å².